The second-order valence-electron chi connectivity index (χ2n) is 5.09. The van der Waals surface area contributed by atoms with Gasteiger partial charge in [-0.2, -0.15) is 0 Å². The average Bonchev–Trinajstić information content (AvgIpc) is 2.67. The van der Waals surface area contributed by atoms with E-state index in [2.05, 4.69) is 24.6 Å². The maximum Gasteiger partial charge on any atom is 0.335 e. The molecule has 0 saturated heterocycles. The van der Waals surface area contributed by atoms with E-state index in [1.807, 2.05) is 19.1 Å². The molecular formula is C16H21NO2. The molecule has 19 heavy (non-hydrogen) atoms. The van der Waals surface area contributed by atoms with Gasteiger partial charge in [0.1, 0.15) is 0 Å². The van der Waals surface area contributed by atoms with E-state index >= 15 is 0 Å². The highest BCUT2D eigenvalue weighted by molar-refractivity contribution is 5.96. The van der Waals surface area contributed by atoms with Crippen LogP contribution in [0.25, 0.3) is 10.9 Å². The number of carbonyl (C=O) groups is 1. The normalized spacial score (nSPS) is 11.1. The molecule has 1 aromatic carbocycles. The zero-order valence-corrected chi connectivity index (χ0v) is 11.9. The van der Waals surface area contributed by atoms with Gasteiger partial charge in [-0.05, 0) is 43.0 Å². The Hall–Kier alpha value is -1.77. The number of aryl methyl sites for hydroxylation is 3. The summed E-state index contributed by atoms with van der Waals surface area (Å²) in [7, 11) is 0. The Morgan fingerprint density at radius 2 is 2.00 bits per heavy atom. The van der Waals surface area contributed by atoms with Gasteiger partial charge in [-0.15, -0.1) is 0 Å². The molecule has 0 saturated carbocycles. The fourth-order valence-corrected chi connectivity index (χ4v) is 2.64. The Bertz CT molecular complexity index is 611. The number of fused-ring (bicyclic) bond motifs is 1. The van der Waals surface area contributed by atoms with E-state index in [1.54, 1.807) is 0 Å². The monoisotopic (exact) mass is 259 g/mol. The minimum absolute atomic E-state index is 0.416. The fourth-order valence-electron chi connectivity index (χ4n) is 2.64. The lowest BCUT2D eigenvalue weighted by Crippen LogP contribution is -2.00. The van der Waals surface area contributed by atoms with Crippen molar-refractivity contribution in [1.82, 2.24) is 4.57 Å². The van der Waals surface area contributed by atoms with Gasteiger partial charge in [-0.1, -0.05) is 20.3 Å². The zero-order valence-electron chi connectivity index (χ0n) is 11.9. The molecule has 1 heterocycles. The summed E-state index contributed by atoms with van der Waals surface area (Å²) in [5.41, 5.74) is 3.67. The standard InChI is InChI=1S/C16H21NO2/c1-4-6-12-10-17(7-5-2)15-8-11(3)13(16(18)19)9-14(12)15/h8-10H,4-7H2,1-3H3,(H,18,19). The molecule has 3 heteroatoms. The van der Waals surface area contributed by atoms with Crippen LogP contribution in [-0.2, 0) is 13.0 Å². The van der Waals surface area contributed by atoms with Crippen molar-refractivity contribution in [2.24, 2.45) is 0 Å². The first-order chi connectivity index (χ1) is 9.08. The highest BCUT2D eigenvalue weighted by atomic mass is 16.4. The van der Waals surface area contributed by atoms with Crippen LogP contribution in [0.2, 0.25) is 0 Å². The lowest BCUT2D eigenvalue weighted by Gasteiger charge is -2.06. The first-order valence-electron chi connectivity index (χ1n) is 6.94. The Labute approximate surface area is 113 Å². The summed E-state index contributed by atoms with van der Waals surface area (Å²) in [6.07, 6.45) is 5.33. The number of benzene rings is 1. The largest absolute Gasteiger partial charge is 0.478 e. The molecule has 0 amide bonds. The van der Waals surface area contributed by atoms with Gasteiger partial charge in [0.25, 0.3) is 0 Å². The van der Waals surface area contributed by atoms with Crippen molar-refractivity contribution < 1.29 is 9.90 Å². The summed E-state index contributed by atoms with van der Waals surface area (Å²) in [5.74, 6) is -0.843. The maximum atomic E-state index is 11.3. The molecule has 0 fully saturated rings. The smallest absolute Gasteiger partial charge is 0.335 e. The second-order valence-corrected chi connectivity index (χ2v) is 5.09. The molecule has 1 aromatic heterocycles. The highest BCUT2D eigenvalue weighted by Crippen LogP contribution is 2.26. The van der Waals surface area contributed by atoms with Crippen molar-refractivity contribution in [2.75, 3.05) is 0 Å². The van der Waals surface area contributed by atoms with E-state index in [-0.39, 0.29) is 0 Å². The number of aromatic carboxylic acids is 1. The van der Waals surface area contributed by atoms with Crippen molar-refractivity contribution in [1.29, 1.82) is 0 Å². The summed E-state index contributed by atoms with van der Waals surface area (Å²) >= 11 is 0. The van der Waals surface area contributed by atoms with Crippen molar-refractivity contribution in [3.05, 3.63) is 35.0 Å². The molecule has 0 aliphatic carbocycles. The Morgan fingerprint density at radius 1 is 1.26 bits per heavy atom. The van der Waals surface area contributed by atoms with Crippen LogP contribution in [0.1, 0.15) is 48.2 Å². The van der Waals surface area contributed by atoms with Crippen molar-refractivity contribution in [2.45, 2.75) is 46.6 Å². The van der Waals surface area contributed by atoms with Gasteiger partial charge in [-0.3, -0.25) is 0 Å². The van der Waals surface area contributed by atoms with Gasteiger partial charge < -0.3 is 9.67 Å². The third-order valence-electron chi connectivity index (χ3n) is 3.52. The number of aromatic nitrogens is 1. The summed E-state index contributed by atoms with van der Waals surface area (Å²) in [4.78, 5) is 11.3. The van der Waals surface area contributed by atoms with Crippen LogP contribution in [0.15, 0.2) is 18.3 Å². The quantitative estimate of drug-likeness (QED) is 0.881. The summed E-state index contributed by atoms with van der Waals surface area (Å²) in [6.45, 7) is 7.15. The Balaban J connectivity index is 2.68. The van der Waals surface area contributed by atoms with Crippen LogP contribution < -0.4 is 0 Å². The van der Waals surface area contributed by atoms with Gasteiger partial charge >= 0.3 is 5.97 Å². The Kier molecular flexibility index (Phi) is 3.93. The Morgan fingerprint density at radius 3 is 2.58 bits per heavy atom. The van der Waals surface area contributed by atoms with Crippen molar-refractivity contribution >= 4 is 16.9 Å². The minimum Gasteiger partial charge on any atom is -0.478 e. The summed E-state index contributed by atoms with van der Waals surface area (Å²) < 4.78 is 2.25. The van der Waals surface area contributed by atoms with Gasteiger partial charge in [0.2, 0.25) is 0 Å². The maximum absolute atomic E-state index is 11.3. The summed E-state index contributed by atoms with van der Waals surface area (Å²) in [6, 6.07) is 3.84. The van der Waals surface area contributed by atoms with Gasteiger partial charge in [0, 0.05) is 23.6 Å². The van der Waals surface area contributed by atoms with Crippen LogP contribution >= 0.6 is 0 Å². The number of carboxylic acids is 1. The number of rotatable bonds is 5. The molecule has 0 aliphatic rings. The molecule has 0 bridgehead atoms. The van der Waals surface area contributed by atoms with Crippen LogP contribution in [-0.4, -0.2) is 15.6 Å². The van der Waals surface area contributed by atoms with E-state index in [4.69, 9.17) is 0 Å². The van der Waals surface area contributed by atoms with Crippen LogP contribution in [0.3, 0.4) is 0 Å². The van der Waals surface area contributed by atoms with E-state index in [1.165, 1.54) is 5.56 Å². The molecule has 0 aliphatic heterocycles. The predicted octanol–water partition coefficient (Wildman–Crippen LogP) is 4.01. The van der Waals surface area contributed by atoms with Crippen LogP contribution in [0.5, 0.6) is 0 Å². The molecular weight excluding hydrogens is 238 g/mol. The zero-order chi connectivity index (χ0) is 14.0. The molecule has 0 unspecified atom stereocenters. The van der Waals surface area contributed by atoms with E-state index in [0.29, 0.717) is 5.56 Å². The van der Waals surface area contributed by atoms with Crippen molar-refractivity contribution in [3.8, 4) is 0 Å². The SMILES string of the molecule is CCCc1cn(CCC)c2cc(C)c(C(=O)O)cc12. The predicted molar refractivity (Wildman–Crippen MR) is 77.9 cm³/mol. The molecule has 2 aromatic rings. The number of hydrogen-bond acceptors (Lipinski definition) is 1. The van der Waals surface area contributed by atoms with Gasteiger partial charge in [0.05, 0.1) is 5.56 Å². The fraction of sp³-hybridized carbons (Fsp3) is 0.438. The molecule has 0 spiro atoms. The third-order valence-corrected chi connectivity index (χ3v) is 3.52. The molecule has 0 radical (unpaired) electrons. The minimum atomic E-state index is -0.843. The molecule has 3 nitrogen and oxygen atoms in total. The first-order valence-corrected chi connectivity index (χ1v) is 6.94. The topological polar surface area (TPSA) is 42.2 Å². The first kappa shape index (κ1) is 13.7. The van der Waals surface area contributed by atoms with E-state index in [0.717, 1.165) is 42.3 Å². The molecule has 2 rings (SSSR count). The molecule has 102 valence electrons. The lowest BCUT2D eigenvalue weighted by atomic mass is 10.0. The molecule has 0 atom stereocenters. The van der Waals surface area contributed by atoms with Gasteiger partial charge in [-0.25, -0.2) is 4.79 Å². The number of nitrogens with zero attached hydrogens (tertiary/aromatic N) is 1. The van der Waals surface area contributed by atoms with E-state index in [9.17, 15) is 9.90 Å². The lowest BCUT2D eigenvalue weighted by molar-refractivity contribution is 0.0696. The average molecular weight is 259 g/mol. The number of carboxylic acid groups (broad SMARTS) is 1. The molecule has 1 N–H and O–H groups in total. The summed E-state index contributed by atoms with van der Waals surface area (Å²) in [5, 5.41) is 10.3. The van der Waals surface area contributed by atoms with Crippen LogP contribution in [0, 0.1) is 6.92 Å². The number of hydrogen-bond donors (Lipinski definition) is 1. The second kappa shape index (κ2) is 5.47. The van der Waals surface area contributed by atoms with Crippen molar-refractivity contribution in [3.63, 3.8) is 0 Å². The van der Waals surface area contributed by atoms with Gasteiger partial charge in [0.15, 0.2) is 0 Å². The highest BCUT2D eigenvalue weighted by Gasteiger charge is 2.14. The van der Waals surface area contributed by atoms with Crippen LogP contribution in [0.4, 0.5) is 0 Å². The van der Waals surface area contributed by atoms with E-state index < -0.39 is 5.97 Å². The third kappa shape index (κ3) is 2.50.